The molecule has 0 aliphatic carbocycles. The molecular formula is C21H21N3O3S. The number of hydrogen-bond donors (Lipinski definition) is 1. The van der Waals surface area contributed by atoms with Crippen molar-refractivity contribution in [1.29, 1.82) is 0 Å². The lowest BCUT2D eigenvalue weighted by Gasteiger charge is -2.35. The fourth-order valence-corrected chi connectivity index (χ4v) is 3.85. The first-order valence-corrected chi connectivity index (χ1v) is 9.79. The van der Waals surface area contributed by atoms with Gasteiger partial charge in [0, 0.05) is 18.1 Å². The summed E-state index contributed by atoms with van der Waals surface area (Å²) in [6.07, 6.45) is -0.286. The van der Waals surface area contributed by atoms with Crippen LogP contribution in [-0.4, -0.2) is 29.9 Å². The Labute approximate surface area is 167 Å². The van der Waals surface area contributed by atoms with E-state index in [1.165, 1.54) is 0 Å². The van der Waals surface area contributed by atoms with Crippen LogP contribution in [0.5, 0.6) is 11.5 Å². The first kappa shape index (κ1) is 18.3. The third kappa shape index (κ3) is 3.41. The zero-order valence-electron chi connectivity index (χ0n) is 15.9. The molecule has 1 N–H and O–H groups in total. The van der Waals surface area contributed by atoms with E-state index in [0.29, 0.717) is 23.7 Å². The highest BCUT2D eigenvalue weighted by Gasteiger charge is 2.30. The van der Waals surface area contributed by atoms with Crippen molar-refractivity contribution in [1.82, 2.24) is 9.88 Å². The number of fused-ring (bicyclic) bond motifs is 1. The molecular weight excluding hydrogens is 374 g/mol. The van der Waals surface area contributed by atoms with Crippen molar-refractivity contribution in [3.63, 3.8) is 0 Å². The second-order valence-electron chi connectivity index (χ2n) is 6.57. The summed E-state index contributed by atoms with van der Waals surface area (Å²) >= 11 is 1.60. The molecule has 1 aromatic heterocycles. The number of thiazole rings is 1. The van der Waals surface area contributed by atoms with E-state index in [1.807, 2.05) is 54.8 Å². The minimum atomic E-state index is -0.286. The Bertz CT molecular complexity index is 1020. The lowest BCUT2D eigenvalue weighted by atomic mass is 10.0. The normalized spacial score (nSPS) is 15.8. The number of nitrogens with zero attached hydrogens (tertiary/aromatic N) is 2. The lowest BCUT2D eigenvalue weighted by Crippen LogP contribution is -2.40. The van der Waals surface area contributed by atoms with Gasteiger partial charge in [-0.3, -0.25) is 4.79 Å². The van der Waals surface area contributed by atoms with Crippen LogP contribution in [0.3, 0.4) is 0 Å². The highest BCUT2D eigenvalue weighted by molar-refractivity contribution is 7.09. The van der Waals surface area contributed by atoms with Gasteiger partial charge in [-0.2, -0.15) is 0 Å². The monoisotopic (exact) mass is 395 g/mol. The van der Waals surface area contributed by atoms with Gasteiger partial charge in [-0.05, 0) is 36.8 Å². The van der Waals surface area contributed by atoms with Crippen LogP contribution in [0, 0.1) is 6.92 Å². The summed E-state index contributed by atoms with van der Waals surface area (Å²) in [5, 5.41) is 6.42. The second kappa shape index (κ2) is 7.52. The van der Waals surface area contributed by atoms with Crippen LogP contribution in [-0.2, 0) is 6.61 Å². The highest BCUT2D eigenvalue weighted by Crippen LogP contribution is 2.36. The molecule has 0 bridgehead atoms. The first-order valence-electron chi connectivity index (χ1n) is 8.91. The molecule has 2 heterocycles. The van der Waals surface area contributed by atoms with Gasteiger partial charge in [0.1, 0.15) is 12.8 Å². The number of anilines is 1. The number of nitrogens with one attached hydrogen (secondary N) is 1. The minimum Gasteiger partial charge on any atom is -0.493 e. The predicted molar refractivity (Wildman–Crippen MR) is 109 cm³/mol. The van der Waals surface area contributed by atoms with E-state index in [4.69, 9.17) is 9.47 Å². The standard InChI is InChI=1S/C21H21N3O3S/c1-13-22-15(12-28-13)11-27-18-9-8-14(10-19(18)26-3)20-23-17-7-5-4-6-16(17)21(25)24(20)2/h4-10,12,20,23H,11H2,1-3H3. The number of amides is 1. The molecule has 144 valence electrons. The smallest absolute Gasteiger partial charge is 0.257 e. The van der Waals surface area contributed by atoms with Crippen molar-refractivity contribution in [3.8, 4) is 11.5 Å². The van der Waals surface area contributed by atoms with E-state index in [2.05, 4.69) is 10.3 Å². The molecule has 0 saturated heterocycles. The molecule has 1 aliphatic rings. The average Bonchev–Trinajstić information content (AvgIpc) is 3.14. The Morgan fingerprint density at radius 1 is 1.21 bits per heavy atom. The van der Waals surface area contributed by atoms with E-state index < -0.39 is 0 Å². The Morgan fingerprint density at radius 2 is 2.04 bits per heavy atom. The summed E-state index contributed by atoms with van der Waals surface area (Å²) in [5.74, 6) is 1.24. The summed E-state index contributed by atoms with van der Waals surface area (Å²) in [4.78, 5) is 18.8. The Morgan fingerprint density at radius 3 is 2.79 bits per heavy atom. The van der Waals surface area contributed by atoms with Gasteiger partial charge >= 0.3 is 0 Å². The summed E-state index contributed by atoms with van der Waals surface area (Å²) in [7, 11) is 3.40. The summed E-state index contributed by atoms with van der Waals surface area (Å²) < 4.78 is 11.4. The number of carbonyl (C=O) groups is 1. The molecule has 1 unspecified atom stereocenters. The van der Waals surface area contributed by atoms with Crippen molar-refractivity contribution < 1.29 is 14.3 Å². The van der Waals surface area contributed by atoms with Gasteiger partial charge in [0.25, 0.3) is 5.91 Å². The molecule has 0 saturated carbocycles. The molecule has 28 heavy (non-hydrogen) atoms. The quantitative estimate of drug-likeness (QED) is 0.700. The molecule has 0 radical (unpaired) electrons. The van der Waals surface area contributed by atoms with E-state index >= 15 is 0 Å². The van der Waals surface area contributed by atoms with Gasteiger partial charge < -0.3 is 19.7 Å². The van der Waals surface area contributed by atoms with Crippen LogP contribution in [0.2, 0.25) is 0 Å². The van der Waals surface area contributed by atoms with Gasteiger partial charge in [-0.1, -0.05) is 18.2 Å². The van der Waals surface area contributed by atoms with E-state index in [9.17, 15) is 4.79 Å². The number of methoxy groups -OCH3 is 1. The number of aryl methyl sites for hydroxylation is 1. The lowest BCUT2D eigenvalue weighted by molar-refractivity contribution is 0.0735. The van der Waals surface area contributed by atoms with Gasteiger partial charge in [0.15, 0.2) is 11.5 Å². The largest absolute Gasteiger partial charge is 0.493 e. The third-order valence-electron chi connectivity index (χ3n) is 4.70. The highest BCUT2D eigenvalue weighted by atomic mass is 32.1. The van der Waals surface area contributed by atoms with Crippen molar-refractivity contribution in [2.75, 3.05) is 19.5 Å². The summed E-state index contributed by atoms with van der Waals surface area (Å²) in [5.41, 5.74) is 3.31. The van der Waals surface area contributed by atoms with Gasteiger partial charge in [0.2, 0.25) is 0 Å². The number of ether oxygens (including phenoxy) is 2. The molecule has 3 aromatic rings. The van der Waals surface area contributed by atoms with E-state index in [1.54, 1.807) is 30.4 Å². The molecule has 6 nitrogen and oxygen atoms in total. The molecule has 1 atom stereocenters. The van der Waals surface area contributed by atoms with Gasteiger partial charge in [0.05, 0.1) is 23.4 Å². The molecule has 0 fully saturated rings. The SMILES string of the molecule is COc1cc(C2Nc3ccccc3C(=O)N2C)ccc1OCc1csc(C)n1. The third-order valence-corrected chi connectivity index (χ3v) is 5.53. The maximum Gasteiger partial charge on any atom is 0.257 e. The predicted octanol–water partition coefficient (Wildman–Crippen LogP) is 4.24. The maximum absolute atomic E-state index is 12.7. The van der Waals surface area contributed by atoms with Crippen molar-refractivity contribution in [3.05, 3.63) is 69.7 Å². The van der Waals surface area contributed by atoms with Crippen LogP contribution in [0.25, 0.3) is 0 Å². The maximum atomic E-state index is 12.7. The van der Waals surface area contributed by atoms with Crippen LogP contribution in [0.15, 0.2) is 47.8 Å². The van der Waals surface area contributed by atoms with Crippen LogP contribution in [0.1, 0.15) is 32.8 Å². The average molecular weight is 395 g/mol. The number of rotatable bonds is 5. The number of hydrogen-bond acceptors (Lipinski definition) is 6. The summed E-state index contributed by atoms with van der Waals surface area (Å²) in [6, 6.07) is 13.2. The molecule has 0 spiro atoms. The first-order chi connectivity index (χ1) is 13.6. The van der Waals surface area contributed by atoms with Gasteiger partial charge in [-0.15, -0.1) is 11.3 Å². The molecule has 1 amide bonds. The zero-order chi connectivity index (χ0) is 19.7. The topological polar surface area (TPSA) is 63.7 Å². The Balaban J connectivity index is 1.58. The fourth-order valence-electron chi connectivity index (χ4n) is 3.25. The van der Waals surface area contributed by atoms with E-state index in [0.717, 1.165) is 22.0 Å². The number of aromatic nitrogens is 1. The molecule has 4 rings (SSSR count). The van der Waals surface area contributed by atoms with Crippen molar-refractivity contribution in [2.24, 2.45) is 0 Å². The Hall–Kier alpha value is -3.06. The fraction of sp³-hybridized carbons (Fsp3) is 0.238. The van der Waals surface area contributed by atoms with Gasteiger partial charge in [-0.25, -0.2) is 4.98 Å². The van der Waals surface area contributed by atoms with Crippen LogP contribution >= 0.6 is 11.3 Å². The van der Waals surface area contributed by atoms with Crippen molar-refractivity contribution >= 4 is 22.9 Å². The van der Waals surface area contributed by atoms with Crippen molar-refractivity contribution in [2.45, 2.75) is 19.7 Å². The molecule has 2 aromatic carbocycles. The molecule has 1 aliphatic heterocycles. The van der Waals surface area contributed by atoms with Crippen LogP contribution in [0.4, 0.5) is 5.69 Å². The Kier molecular flexibility index (Phi) is 4.92. The van der Waals surface area contributed by atoms with Crippen LogP contribution < -0.4 is 14.8 Å². The zero-order valence-corrected chi connectivity index (χ0v) is 16.7. The number of benzene rings is 2. The molecule has 7 heteroatoms. The number of para-hydroxylation sites is 1. The second-order valence-corrected chi connectivity index (χ2v) is 7.63. The number of carbonyl (C=O) groups excluding carboxylic acids is 1. The van der Waals surface area contributed by atoms with E-state index in [-0.39, 0.29) is 12.1 Å². The summed E-state index contributed by atoms with van der Waals surface area (Å²) in [6.45, 7) is 2.35. The minimum absolute atomic E-state index is 0.0162.